The van der Waals surface area contributed by atoms with Crippen LogP contribution in [0.25, 0.3) is 0 Å². The molecular weight excluding hydrogens is 241 g/mol. The zero-order valence-electron chi connectivity index (χ0n) is 9.44. The summed E-state index contributed by atoms with van der Waals surface area (Å²) in [6.45, 7) is 3.49. The molecule has 90 valence electrons. The van der Waals surface area contributed by atoms with Gasteiger partial charge in [0.2, 0.25) is 0 Å². The van der Waals surface area contributed by atoms with E-state index in [0.717, 1.165) is 18.3 Å². The van der Waals surface area contributed by atoms with Gasteiger partial charge >= 0.3 is 0 Å². The monoisotopic (exact) mass is 259 g/mol. The fourth-order valence-electron chi connectivity index (χ4n) is 2.14. The van der Waals surface area contributed by atoms with Crippen LogP contribution < -0.4 is 0 Å². The molecule has 2 rings (SSSR count). The maximum atomic E-state index is 5.87. The largest absolute Gasteiger partial charge is 0.299 e. The third-order valence-electron chi connectivity index (χ3n) is 3.17. The highest BCUT2D eigenvalue weighted by Gasteiger charge is 2.17. The highest BCUT2D eigenvalue weighted by atomic mass is 35.5. The number of likely N-dealkylation sites (tertiary alicyclic amines) is 1. The van der Waals surface area contributed by atoms with Crippen LogP contribution in [0.1, 0.15) is 18.4 Å². The van der Waals surface area contributed by atoms with Crippen LogP contribution in [-0.4, -0.2) is 23.9 Å². The number of halogens is 2. The minimum atomic E-state index is 0. The molecule has 16 heavy (non-hydrogen) atoms. The molecule has 0 amide bonds. The number of hydrogen-bond acceptors (Lipinski definition) is 1. The molecule has 0 saturated carbocycles. The van der Waals surface area contributed by atoms with E-state index in [0.29, 0.717) is 0 Å². The summed E-state index contributed by atoms with van der Waals surface area (Å²) >= 11 is 5.87. The van der Waals surface area contributed by atoms with Gasteiger partial charge in [-0.3, -0.25) is 4.90 Å². The first-order chi connectivity index (χ1) is 7.38. The summed E-state index contributed by atoms with van der Waals surface area (Å²) in [7, 11) is 0. The van der Waals surface area contributed by atoms with E-state index >= 15 is 0 Å². The van der Waals surface area contributed by atoms with Gasteiger partial charge in [-0.05, 0) is 37.4 Å². The quantitative estimate of drug-likeness (QED) is 0.751. The zero-order valence-corrected chi connectivity index (χ0v) is 11.0. The van der Waals surface area contributed by atoms with E-state index in [2.05, 4.69) is 35.2 Å². The normalized spacial score (nSPS) is 18.1. The molecule has 1 saturated heterocycles. The second-order valence-corrected chi connectivity index (χ2v) is 4.67. The van der Waals surface area contributed by atoms with E-state index in [9.17, 15) is 0 Å². The highest BCUT2D eigenvalue weighted by Crippen LogP contribution is 2.19. The molecule has 1 fully saturated rings. The van der Waals surface area contributed by atoms with Crippen molar-refractivity contribution in [1.82, 2.24) is 4.90 Å². The minimum absolute atomic E-state index is 0. The van der Waals surface area contributed by atoms with Crippen molar-refractivity contribution in [3.8, 4) is 0 Å². The molecule has 1 nitrogen and oxygen atoms in total. The van der Waals surface area contributed by atoms with E-state index in [1.54, 1.807) is 0 Å². The first kappa shape index (κ1) is 13.8. The first-order valence-electron chi connectivity index (χ1n) is 5.70. The Morgan fingerprint density at radius 1 is 1.12 bits per heavy atom. The van der Waals surface area contributed by atoms with Gasteiger partial charge in [-0.15, -0.1) is 24.0 Å². The molecule has 0 N–H and O–H groups in total. The first-order valence-corrected chi connectivity index (χ1v) is 6.24. The van der Waals surface area contributed by atoms with Crippen LogP contribution in [0.4, 0.5) is 0 Å². The Bertz CT molecular complexity index is 281. The molecule has 3 heteroatoms. The average molecular weight is 260 g/mol. The third-order valence-corrected chi connectivity index (χ3v) is 3.61. The minimum Gasteiger partial charge on any atom is -0.299 e. The topological polar surface area (TPSA) is 3.24 Å². The molecule has 0 spiro atoms. The van der Waals surface area contributed by atoms with Crippen LogP contribution in [-0.2, 0) is 6.54 Å². The molecule has 0 bridgehead atoms. The van der Waals surface area contributed by atoms with Crippen molar-refractivity contribution in [2.45, 2.75) is 19.4 Å². The fraction of sp³-hybridized carbons (Fsp3) is 0.538. The molecule has 1 aliphatic rings. The number of hydrogen-bond donors (Lipinski definition) is 0. The summed E-state index contributed by atoms with van der Waals surface area (Å²) in [6, 6.07) is 10.7. The summed E-state index contributed by atoms with van der Waals surface area (Å²) in [5, 5.41) is 0. The lowest BCUT2D eigenvalue weighted by molar-refractivity contribution is 0.186. The lowest BCUT2D eigenvalue weighted by Crippen LogP contribution is -2.33. The van der Waals surface area contributed by atoms with Gasteiger partial charge < -0.3 is 0 Å². The summed E-state index contributed by atoms with van der Waals surface area (Å²) in [5.74, 6) is 1.58. The smallest absolute Gasteiger partial charge is 0.0252 e. The van der Waals surface area contributed by atoms with Gasteiger partial charge in [0.15, 0.2) is 0 Å². The second kappa shape index (κ2) is 7.16. The second-order valence-electron chi connectivity index (χ2n) is 4.36. The summed E-state index contributed by atoms with van der Waals surface area (Å²) < 4.78 is 0. The van der Waals surface area contributed by atoms with E-state index in [1.807, 2.05) is 0 Å². The summed E-state index contributed by atoms with van der Waals surface area (Å²) in [4.78, 5) is 2.53. The van der Waals surface area contributed by atoms with Crippen molar-refractivity contribution in [1.29, 1.82) is 0 Å². The molecule has 1 heterocycles. The standard InChI is InChI=1S/C13H18ClN.ClH/c14-10-12-6-8-15(9-7-12)11-13-4-2-1-3-5-13;/h1-5,12H,6-11H2;1H. The molecule has 1 aromatic rings. The Morgan fingerprint density at radius 3 is 2.31 bits per heavy atom. The van der Waals surface area contributed by atoms with E-state index in [-0.39, 0.29) is 12.4 Å². The van der Waals surface area contributed by atoms with Gasteiger partial charge in [-0.2, -0.15) is 0 Å². The van der Waals surface area contributed by atoms with Crippen LogP contribution in [0.2, 0.25) is 0 Å². The Labute approximate surface area is 109 Å². The van der Waals surface area contributed by atoms with Crippen molar-refractivity contribution >= 4 is 24.0 Å². The number of rotatable bonds is 3. The maximum Gasteiger partial charge on any atom is 0.0252 e. The van der Waals surface area contributed by atoms with Crippen molar-refractivity contribution < 1.29 is 0 Å². The Kier molecular flexibility index (Phi) is 6.18. The Balaban J connectivity index is 0.00000128. The van der Waals surface area contributed by atoms with Crippen molar-refractivity contribution in [2.24, 2.45) is 5.92 Å². The highest BCUT2D eigenvalue weighted by molar-refractivity contribution is 6.18. The maximum absolute atomic E-state index is 5.87. The van der Waals surface area contributed by atoms with Crippen LogP contribution in [0.5, 0.6) is 0 Å². The Hall–Kier alpha value is -0.240. The van der Waals surface area contributed by atoms with E-state index < -0.39 is 0 Å². The summed E-state index contributed by atoms with van der Waals surface area (Å²) in [6.07, 6.45) is 2.52. The number of piperidine rings is 1. The van der Waals surface area contributed by atoms with Crippen molar-refractivity contribution in [3.05, 3.63) is 35.9 Å². The lowest BCUT2D eigenvalue weighted by Gasteiger charge is -2.30. The lowest BCUT2D eigenvalue weighted by atomic mass is 9.98. The molecule has 0 aromatic heterocycles. The van der Waals surface area contributed by atoms with Gasteiger partial charge in [0, 0.05) is 12.4 Å². The van der Waals surface area contributed by atoms with Crippen molar-refractivity contribution in [2.75, 3.05) is 19.0 Å². The third kappa shape index (κ3) is 3.97. The predicted octanol–water partition coefficient (Wildman–Crippen LogP) is 3.56. The van der Waals surface area contributed by atoms with E-state index in [4.69, 9.17) is 11.6 Å². The average Bonchev–Trinajstić information content (AvgIpc) is 2.31. The fourth-order valence-corrected chi connectivity index (χ4v) is 2.45. The molecule has 0 aliphatic carbocycles. The van der Waals surface area contributed by atoms with Gasteiger partial charge in [0.25, 0.3) is 0 Å². The molecule has 0 atom stereocenters. The van der Waals surface area contributed by atoms with E-state index in [1.165, 1.54) is 31.5 Å². The predicted molar refractivity (Wildman–Crippen MR) is 72.4 cm³/mol. The van der Waals surface area contributed by atoms with Crippen LogP contribution in [0, 0.1) is 5.92 Å². The SMILES string of the molecule is Cl.ClCC1CCN(Cc2ccccc2)CC1. The number of alkyl halides is 1. The van der Waals surface area contributed by atoms with Gasteiger partial charge in [-0.25, -0.2) is 0 Å². The molecular formula is C13H19Cl2N. The van der Waals surface area contributed by atoms with Crippen LogP contribution in [0.3, 0.4) is 0 Å². The Morgan fingerprint density at radius 2 is 1.75 bits per heavy atom. The van der Waals surface area contributed by atoms with Gasteiger partial charge in [0.05, 0.1) is 0 Å². The molecule has 0 unspecified atom stereocenters. The van der Waals surface area contributed by atoms with Crippen LogP contribution >= 0.6 is 24.0 Å². The molecule has 1 aliphatic heterocycles. The summed E-state index contributed by atoms with van der Waals surface area (Å²) in [5.41, 5.74) is 1.42. The zero-order chi connectivity index (χ0) is 10.5. The van der Waals surface area contributed by atoms with Gasteiger partial charge in [-0.1, -0.05) is 30.3 Å². The van der Waals surface area contributed by atoms with Crippen LogP contribution in [0.15, 0.2) is 30.3 Å². The van der Waals surface area contributed by atoms with Gasteiger partial charge in [0.1, 0.15) is 0 Å². The number of nitrogens with zero attached hydrogens (tertiary/aromatic N) is 1. The van der Waals surface area contributed by atoms with Crippen molar-refractivity contribution in [3.63, 3.8) is 0 Å². The molecule has 0 radical (unpaired) electrons. The number of benzene rings is 1. The molecule has 1 aromatic carbocycles.